The summed E-state index contributed by atoms with van der Waals surface area (Å²) in [6.45, 7) is 6.83. The Morgan fingerprint density at radius 1 is 1.24 bits per heavy atom. The fourth-order valence-corrected chi connectivity index (χ4v) is 2.35. The molecule has 0 aromatic heterocycles. The third kappa shape index (κ3) is 16.3. The van der Waals surface area contributed by atoms with Crippen molar-refractivity contribution >= 4 is 28.9 Å². The number of carbonyl (C=O) groups is 1. The Labute approximate surface area is 143 Å². The number of nitrogens with one attached hydrogen (secondary N) is 2. The second-order valence-corrected chi connectivity index (χ2v) is 6.33. The molecule has 1 saturated carbocycles. The van der Waals surface area contributed by atoms with E-state index in [9.17, 15) is 4.79 Å². The van der Waals surface area contributed by atoms with Crippen LogP contribution in [0.25, 0.3) is 0 Å². The molecule has 1 aliphatic carbocycles. The van der Waals surface area contributed by atoms with Gasteiger partial charge in [-0.1, -0.05) is 46.0 Å². The smallest absolute Gasteiger partial charge is 0.216 e. The Bertz CT molecular complexity index is 247. The zero-order chi connectivity index (χ0) is 15.9. The maximum atomic E-state index is 10.4. The number of carbonyl (C=O) groups excluding carboxylic acids is 1. The van der Waals surface area contributed by atoms with E-state index in [1.54, 1.807) is 29.9 Å². The van der Waals surface area contributed by atoms with E-state index in [-0.39, 0.29) is 5.91 Å². The molecule has 21 heavy (non-hydrogen) atoms. The Balaban J connectivity index is 0.000000382. The maximum absolute atomic E-state index is 10.4. The number of unbranched alkanes of at least 4 members (excludes halogenated alkanes) is 1. The Morgan fingerprint density at radius 3 is 2.43 bits per heavy atom. The molecule has 1 fully saturated rings. The molecular weight excluding hydrogens is 383 g/mol. The van der Waals surface area contributed by atoms with Crippen LogP contribution in [0.3, 0.4) is 0 Å². The summed E-state index contributed by atoms with van der Waals surface area (Å²) >= 11 is 1.70. The predicted molar refractivity (Wildman–Crippen MR) is 93.6 cm³/mol. The van der Waals surface area contributed by atoms with Crippen molar-refractivity contribution in [1.82, 2.24) is 10.8 Å². The van der Waals surface area contributed by atoms with E-state index >= 15 is 0 Å². The van der Waals surface area contributed by atoms with Crippen molar-refractivity contribution in [2.75, 3.05) is 6.54 Å². The largest absolute Gasteiger partial charge is 0.356 e. The van der Waals surface area contributed by atoms with E-state index in [0.717, 1.165) is 18.9 Å². The van der Waals surface area contributed by atoms with Crippen molar-refractivity contribution in [1.29, 1.82) is 0 Å². The minimum Gasteiger partial charge on any atom is -0.356 e. The van der Waals surface area contributed by atoms with Gasteiger partial charge < -0.3 is 5.32 Å². The topological polar surface area (TPSA) is 59.6 Å². The zero-order valence-corrected chi connectivity index (χ0v) is 15.8. The van der Waals surface area contributed by atoms with Crippen molar-refractivity contribution in [2.24, 2.45) is 5.92 Å². The lowest BCUT2D eigenvalue weighted by Crippen LogP contribution is -2.30. The number of amides is 1. The molecule has 1 aliphatic rings. The second-order valence-electron chi connectivity index (χ2n) is 5.97. The van der Waals surface area contributed by atoms with Gasteiger partial charge in [0.1, 0.15) is 0 Å². The van der Waals surface area contributed by atoms with E-state index in [0.29, 0.717) is 6.04 Å². The van der Waals surface area contributed by atoms with E-state index in [4.69, 9.17) is 0 Å². The monoisotopic (exact) mass is 414 g/mol. The molecule has 0 bridgehead atoms. The lowest BCUT2D eigenvalue weighted by molar-refractivity contribution is -0.234. The van der Waals surface area contributed by atoms with Gasteiger partial charge in [-0.05, 0) is 25.2 Å². The Hall–Kier alpha value is 0.0800. The number of hydroxylamine groups is 1. The van der Waals surface area contributed by atoms with Gasteiger partial charge in [0.2, 0.25) is 5.91 Å². The van der Waals surface area contributed by atoms with Crippen LogP contribution in [0.2, 0.25) is 0 Å². The predicted octanol–water partition coefficient (Wildman–Crippen LogP) is 4.07. The average molecular weight is 414 g/mol. The fraction of sp³-hybridized carbons (Fsp3) is 0.933. The summed E-state index contributed by atoms with van der Waals surface area (Å²) < 4.78 is 4.40. The average Bonchev–Trinajstić information content (AvgIpc) is 2.46. The summed E-state index contributed by atoms with van der Waals surface area (Å²) in [5.74, 6) is 0.863. The normalized spacial score (nSPS) is 15.5. The first-order valence-electron chi connectivity index (χ1n) is 8.00. The molecule has 0 atom stereocenters. The molecule has 1 amide bonds. The van der Waals surface area contributed by atoms with Crippen LogP contribution in [0.5, 0.6) is 0 Å². The van der Waals surface area contributed by atoms with E-state index in [1.807, 2.05) is 0 Å². The number of halogens is 1. The molecule has 1 rings (SSSR count). The number of hydrogen-bond donors (Lipinski definition) is 2. The summed E-state index contributed by atoms with van der Waals surface area (Å²) in [6, 6.07) is 0.503. The van der Waals surface area contributed by atoms with Crippen LogP contribution in [0.4, 0.5) is 0 Å². The molecule has 0 radical (unpaired) electrons. The van der Waals surface area contributed by atoms with Crippen molar-refractivity contribution in [2.45, 2.75) is 78.2 Å². The summed E-state index contributed by atoms with van der Waals surface area (Å²) in [5.41, 5.74) is 2.84. The molecule has 0 unspecified atom stereocenters. The highest BCUT2D eigenvalue weighted by molar-refractivity contribution is 14.1. The molecule has 126 valence electrons. The number of hydrogen-bond acceptors (Lipinski definition) is 4. The van der Waals surface area contributed by atoms with Crippen molar-refractivity contribution in [3.8, 4) is 0 Å². The van der Waals surface area contributed by atoms with Gasteiger partial charge in [0.25, 0.3) is 0 Å². The van der Waals surface area contributed by atoms with Crippen molar-refractivity contribution < 1.29 is 13.0 Å². The van der Waals surface area contributed by atoms with Crippen LogP contribution in [-0.2, 0) is 13.0 Å². The highest BCUT2D eigenvalue weighted by atomic mass is 127. The SMILES string of the molecule is CC(=O)NCCCCC(C)C.IOONC1CCCCC1. The number of rotatable bonds is 8. The third-order valence-corrected chi connectivity index (χ3v) is 3.61. The van der Waals surface area contributed by atoms with E-state index in [1.165, 1.54) is 44.9 Å². The van der Waals surface area contributed by atoms with E-state index < -0.39 is 0 Å². The second kappa shape index (κ2) is 15.0. The molecule has 0 heterocycles. The van der Waals surface area contributed by atoms with Crippen molar-refractivity contribution in [3.63, 3.8) is 0 Å². The molecule has 0 aliphatic heterocycles. The minimum absolute atomic E-state index is 0.0783. The van der Waals surface area contributed by atoms with Crippen LogP contribution in [-0.4, -0.2) is 18.5 Å². The van der Waals surface area contributed by atoms with Gasteiger partial charge in [-0.25, -0.2) is 0 Å². The summed E-state index contributed by atoms with van der Waals surface area (Å²) in [4.78, 5) is 15.0. The zero-order valence-electron chi connectivity index (χ0n) is 13.6. The standard InChI is InChI=1S/C9H19NO.C6H12INO2/c1-8(2)6-4-5-7-10-9(3)11;7-9-10-8-6-4-2-1-3-5-6/h8H,4-7H2,1-3H3,(H,10,11);6,8H,1-5H2. The van der Waals surface area contributed by atoms with Gasteiger partial charge >= 0.3 is 0 Å². The molecule has 0 saturated heterocycles. The third-order valence-electron chi connectivity index (χ3n) is 3.43. The van der Waals surface area contributed by atoms with Gasteiger partial charge in [-0.2, -0.15) is 5.48 Å². The van der Waals surface area contributed by atoms with Gasteiger partial charge in [0, 0.05) is 19.5 Å². The van der Waals surface area contributed by atoms with Gasteiger partial charge in [0.05, 0.1) is 0 Å². The van der Waals surface area contributed by atoms with Gasteiger partial charge in [-0.15, -0.1) is 8.21 Å². The minimum atomic E-state index is 0.0783. The molecular formula is C15H31IN2O3. The Kier molecular flexibility index (Phi) is 15.1. The van der Waals surface area contributed by atoms with Crippen LogP contribution in [0.15, 0.2) is 0 Å². The first kappa shape index (κ1) is 21.1. The maximum Gasteiger partial charge on any atom is 0.216 e. The molecule has 6 heteroatoms. The highest BCUT2D eigenvalue weighted by Crippen LogP contribution is 2.17. The van der Waals surface area contributed by atoms with Crippen LogP contribution in [0, 0.1) is 5.92 Å². The molecule has 0 spiro atoms. The van der Waals surface area contributed by atoms with Crippen LogP contribution in [0.1, 0.15) is 72.1 Å². The van der Waals surface area contributed by atoms with Gasteiger partial charge in [0.15, 0.2) is 23.0 Å². The fourth-order valence-electron chi connectivity index (χ4n) is 2.25. The van der Waals surface area contributed by atoms with Crippen LogP contribution >= 0.6 is 23.0 Å². The van der Waals surface area contributed by atoms with Gasteiger partial charge in [-0.3, -0.25) is 4.79 Å². The quantitative estimate of drug-likeness (QED) is 0.272. The lowest BCUT2D eigenvalue weighted by atomic mass is 9.96. The summed E-state index contributed by atoms with van der Waals surface area (Å²) in [6.07, 6.45) is 9.99. The van der Waals surface area contributed by atoms with Crippen molar-refractivity contribution in [3.05, 3.63) is 0 Å². The Morgan fingerprint density at radius 2 is 1.90 bits per heavy atom. The highest BCUT2D eigenvalue weighted by Gasteiger charge is 2.12. The lowest BCUT2D eigenvalue weighted by Gasteiger charge is -2.20. The molecule has 0 aromatic rings. The summed E-state index contributed by atoms with van der Waals surface area (Å²) in [5, 5.41) is 2.78. The molecule has 2 N–H and O–H groups in total. The van der Waals surface area contributed by atoms with E-state index in [2.05, 4.69) is 32.8 Å². The van der Waals surface area contributed by atoms with Crippen LogP contribution < -0.4 is 10.8 Å². The molecule has 0 aromatic carbocycles. The summed E-state index contributed by atoms with van der Waals surface area (Å²) in [7, 11) is 0. The molecule has 5 nitrogen and oxygen atoms in total. The first-order valence-corrected chi connectivity index (χ1v) is 8.88. The first-order chi connectivity index (χ1) is 10.1.